The van der Waals surface area contributed by atoms with Crippen LogP contribution in [0.15, 0.2) is 34.1 Å². The minimum Gasteiger partial charge on any atom is -0.317 e. The van der Waals surface area contributed by atoms with Gasteiger partial charge in [0.25, 0.3) is 0 Å². The standard InChI is InChI=1S/C12H19N3O4S2/c13-20(16,17)11-2-1-3-12(8-11)21(18,19)15-9-10-4-6-14-7-5-10/h1-3,8,10,14-15H,4-7,9H2,(H2,13,16,17). The van der Waals surface area contributed by atoms with E-state index in [9.17, 15) is 16.8 Å². The van der Waals surface area contributed by atoms with E-state index in [4.69, 9.17) is 5.14 Å². The summed E-state index contributed by atoms with van der Waals surface area (Å²) in [6.45, 7) is 2.12. The van der Waals surface area contributed by atoms with E-state index >= 15 is 0 Å². The molecule has 1 aromatic rings. The lowest BCUT2D eigenvalue weighted by molar-refractivity contribution is 0.372. The quantitative estimate of drug-likeness (QED) is 0.678. The minimum atomic E-state index is -3.92. The number of rotatable bonds is 5. The second-order valence-electron chi connectivity index (χ2n) is 5.07. The van der Waals surface area contributed by atoms with E-state index in [1.165, 1.54) is 18.2 Å². The molecule has 4 N–H and O–H groups in total. The van der Waals surface area contributed by atoms with Crippen molar-refractivity contribution in [3.05, 3.63) is 24.3 Å². The zero-order valence-electron chi connectivity index (χ0n) is 11.4. The Morgan fingerprint density at radius 3 is 2.38 bits per heavy atom. The molecule has 1 heterocycles. The third-order valence-corrected chi connectivity index (χ3v) is 5.80. The molecule has 1 fully saturated rings. The summed E-state index contributed by atoms with van der Waals surface area (Å²) in [5, 5.41) is 8.22. The first-order chi connectivity index (χ1) is 9.79. The fraction of sp³-hybridized carbons (Fsp3) is 0.500. The summed E-state index contributed by atoms with van der Waals surface area (Å²) in [4.78, 5) is -0.310. The SMILES string of the molecule is NS(=O)(=O)c1cccc(S(=O)(=O)NCC2CCNCC2)c1. The Labute approximate surface area is 125 Å². The number of benzene rings is 1. The molecule has 0 radical (unpaired) electrons. The Balaban J connectivity index is 2.12. The molecule has 1 aromatic carbocycles. The lowest BCUT2D eigenvalue weighted by Gasteiger charge is -2.22. The van der Waals surface area contributed by atoms with Crippen LogP contribution in [0.2, 0.25) is 0 Å². The number of sulfonamides is 2. The topological polar surface area (TPSA) is 118 Å². The van der Waals surface area contributed by atoms with Crippen LogP contribution in [0.4, 0.5) is 0 Å². The first-order valence-corrected chi connectivity index (χ1v) is 9.65. The third-order valence-electron chi connectivity index (χ3n) is 3.47. The van der Waals surface area contributed by atoms with Crippen molar-refractivity contribution in [2.75, 3.05) is 19.6 Å². The van der Waals surface area contributed by atoms with Crippen molar-refractivity contribution >= 4 is 20.0 Å². The van der Waals surface area contributed by atoms with Gasteiger partial charge in [-0.05, 0) is 50.0 Å². The molecule has 1 aliphatic rings. The second-order valence-corrected chi connectivity index (χ2v) is 8.39. The molecular weight excluding hydrogens is 314 g/mol. The number of hydrogen-bond acceptors (Lipinski definition) is 5. The summed E-state index contributed by atoms with van der Waals surface area (Å²) in [6.07, 6.45) is 1.83. The highest BCUT2D eigenvalue weighted by molar-refractivity contribution is 7.90. The average molecular weight is 333 g/mol. The molecule has 0 atom stereocenters. The van der Waals surface area contributed by atoms with Crippen molar-refractivity contribution in [1.82, 2.24) is 10.0 Å². The molecule has 118 valence electrons. The largest absolute Gasteiger partial charge is 0.317 e. The van der Waals surface area contributed by atoms with Crippen molar-refractivity contribution in [1.29, 1.82) is 0 Å². The van der Waals surface area contributed by atoms with E-state index in [-0.39, 0.29) is 9.79 Å². The van der Waals surface area contributed by atoms with Crippen molar-refractivity contribution in [3.63, 3.8) is 0 Å². The Hall–Kier alpha value is -1.00. The van der Waals surface area contributed by atoms with Crippen molar-refractivity contribution < 1.29 is 16.8 Å². The summed E-state index contributed by atoms with van der Waals surface area (Å²) in [5.41, 5.74) is 0. The maximum Gasteiger partial charge on any atom is 0.240 e. The van der Waals surface area contributed by atoms with Gasteiger partial charge in [0.05, 0.1) is 9.79 Å². The summed E-state index contributed by atoms with van der Waals surface area (Å²) in [7, 11) is -7.65. The van der Waals surface area contributed by atoms with Crippen LogP contribution in [0, 0.1) is 5.92 Å². The van der Waals surface area contributed by atoms with Crippen molar-refractivity contribution in [2.45, 2.75) is 22.6 Å². The van der Waals surface area contributed by atoms with Gasteiger partial charge < -0.3 is 5.32 Å². The van der Waals surface area contributed by atoms with Gasteiger partial charge in [-0.1, -0.05) is 6.07 Å². The molecule has 1 saturated heterocycles. The summed E-state index contributed by atoms with van der Waals surface area (Å²) < 4.78 is 49.5. The summed E-state index contributed by atoms with van der Waals surface area (Å²) in [5.74, 6) is 0.294. The molecule has 1 aliphatic heterocycles. The molecule has 9 heteroatoms. The van der Waals surface area contributed by atoms with Gasteiger partial charge in [0.2, 0.25) is 20.0 Å². The van der Waals surface area contributed by atoms with Crippen LogP contribution in [0.1, 0.15) is 12.8 Å². The van der Waals surface area contributed by atoms with Crippen LogP contribution in [0.5, 0.6) is 0 Å². The Morgan fingerprint density at radius 2 is 1.76 bits per heavy atom. The lowest BCUT2D eigenvalue weighted by Crippen LogP contribution is -2.36. The zero-order chi connectivity index (χ0) is 15.5. The number of primary sulfonamides is 1. The van der Waals surface area contributed by atoms with Gasteiger partial charge in [0.15, 0.2) is 0 Å². The highest BCUT2D eigenvalue weighted by Gasteiger charge is 2.20. The van der Waals surface area contributed by atoms with Gasteiger partial charge in [-0.25, -0.2) is 26.7 Å². The third kappa shape index (κ3) is 4.48. The number of nitrogens with one attached hydrogen (secondary N) is 2. The smallest absolute Gasteiger partial charge is 0.240 e. The molecule has 0 amide bonds. The predicted octanol–water partition coefficient (Wildman–Crippen LogP) is -0.388. The molecule has 0 unspecified atom stereocenters. The van der Waals surface area contributed by atoms with E-state index in [0.29, 0.717) is 12.5 Å². The second kappa shape index (κ2) is 6.41. The Morgan fingerprint density at radius 1 is 1.14 bits per heavy atom. The minimum absolute atomic E-state index is 0.0945. The van der Waals surface area contributed by atoms with E-state index in [0.717, 1.165) is 32.0 Å². The normalized spacial score (nSPS) is 17.8. The molecule has 0 aliphatic carbocycles. The van der Waals surface area contributed by atoms with Crippen LogP contribution in [-0.4, -0.2) is 36.5 Å². The molecule has 0 saturated carbocycles. The van der Waals surface area contributed by atoms with E-state index in [1.807, 2.05) is 0 Å². The highest BCUT2D eigenvalue weighted by atomic mass is 32.2. The van der Waals surface area contributed by atoms with E-state index in [2.05, 4.69) is 10.0 Å². The predicted molar refractivity (Wildman–Crippen MR) is 78.6 cm³/mol. The lowest BCUT2D eigenvalue weighted by atomic mass is 9.99. The molecule has 0 aromatic heterocycles. The first kappa shape index (κ1) is 16.4. The molecule has 0 spiro atoms. The average Bonchev–Trinajstić information content (AvgIpc) is 2.46. The van der Waals surface area contributed by atoms with Crippen LogP contribution in [0.25, 0.3) is 0 Å². The van der Waals surface area contributed by atoms with Gasteiger partial charge in [0.1, 0.15) is 0 Å². The van der Waals surface area contributed by atoms with Crippen LogP contribution >= 0.6 is 0 Å². The van der Waals surface area contributed by atoms with Gasteiger partial charge in [-0.15, -0.1) is 0 Å². The maximum absolute atomic E-state index is 12.2. The summed E-state index contributed by atoms with van der Waals surface area (Å²) in [6, 6.07) is 5.04. The Bertz CT molecular complexity index is 695. The van der Waals surface area contributed by atoms with Crippen molar-refractivity contribution in [3.8, 4) is 0 Å². The fourth-order valence-corrected chi connectivity index (χ4v) is 4.01. The van der Waals surface area contributed by atoms with Crippen LogP contribution in [0.3, 0.4) is 0 Å². The molecule has 0 bridgehead atoms. The Kier molecular flexibility index (Phi) is 4.99. The van der Waals surface area contributed by atoms with E-state index < -0.39 is 20.0 Å². The van der Waals surface area contributed by atoms with Crippen molar-refractivity contribution in [2.24, 2.45) is 11.1 Å². The number of piperidine rings is 1. The summed E-state index contributed by atoms with van der Waals surface area (Å²) >= 11 is 0. The number of hydrogen-bond donors (Lipinski definition) is 3. The van der Waals surface area contributed by atoms with Gasteiger partial charge >= 0.3 is 0 Å². The fourth-order valence-electron chi connectivity index (χ4n) is 2.22. The molecule has 7 nitrogen and oxygen atoms in total. The highest BCUT2D eigenvalue weighted by Crippen LogP contribution is 2.16. The maximum atomic E-state index is 12.2. The van der Waals surface area contributed by atoms with E-state index in [1.54, 1.807) is 0 Å². The van der Waals surface area contributed by atoms with Crippen LogP contribution in [-0.2, 0) is 20.0 Å². The monoisotopic (exact) mass is 333 g/mol. The number of nitrogens with two attached hydrogens (primary N) is 1. The molecular formula is C12H19N3O4S2. The molecule has 2 rings (SSSR count). The van der Waals surface area contributed by atoms with Gasteiger partial charge in [-0.3, -0.25) is 0 Å². The first-order valence-electron chi connectivity index (χ1n) is 6.62. The van der Waals surface area contributed by atoms with Crippen LogP contribution < -0.4 is 15.2 Å². The zero-order valence-corrected chi connectivity index (χ0v) is 13.1. The van der Waals surface area contributed by atoms with Gasteiger partial charge in [0, 0.05) is 6.54 Å². The van der Waals surface area contributed by atoms with Gasteiger partial charge in [-0.2, -0.15) is 0 Å². The molecule has 21 heavy (non-hydrogen) atoms.